The molecule has 0 saturated carbocycles. The highest BCUT2D eigenvalue weighted by Gasteiger charge is 2.19. The van der Waals surface area contributed by atoms with Crippen molar-refractivity contribution in [2.45, 2.75) is 30.4 Å². The number of carbonyl (C=O) groups is 1. The van der Waals surface area contributed by atoms with Gasteiger partial charge in [-0.05, 0) is 37.6 Å². The Balaban J connectivity index is 1.72. The molecule has 0 spiro atoms. The first-order chi connectivity index (χ1) is 12.6. The number of anilines is 1. The van der Waals surface area contributed by atoms with E-state index in [4.69, 9.17) is 0 Å². The molecule has 5 nitrogen and oxygen atoms in total. The van der Waals surface area contributed by atoms with Gasteiger partial charge in [0.15, 0.2) is 0 Å². The standard InChI is InChI=1S/C20H21N3O2S/c1-3-17(26-16-11-9-14(2)10-12-16)20(25)21-18-13-19(24)23(22-18)15-7-5-4-6-8-15/h4-13,17,22H,3H2,1-2H3,(H,21,25). The molecule has 0 bridgehead atoms. The Bertz CT molecular complexity index is 930. The molecule has 1 heterocycles. The molecule has 0 aliphatic carbocycles. The second-order valence-electron chi connectivity index (χ2n) is 6.00. The van der Waals surface area contributed by atoms with Gasteiger partial charge in [-0.2, -0.15) is 0 Å². The number of nitrogens with one attached hydrogen (secondary N) is 2. The minimum absolute atomic E-state index is 0.125. The quantitative estimate of drug-likeness (QED) is 0.648. The first-order valence-corrected chi connectivity index (χ1v) is 9.36. The van der Waals surface area contributed by atoms with Crippen LogP contribution >= 0.6 is 11.8 Å². The number of amides is 1. The van der Waals surface area contributed by atoms with Gasteiger partial charge in [-0.1, -0.05) is 42.8 Å². The van der Waals surface area contributed by atoms with Gasteiger partial charge in [-0.15, -0.1) is 11.8 Å². The van der Waals surface area contributed by atoms with Crippen LogP contribution in [0, 0.1) is 6.92 Å². The van der Waals surface area contributed by atoms with E-state index >= 15 is 0 Å². The third kappa shape index (κ3) is 4.26. The Morgan fingerprint density at radius 3 is 2.50 bits per heavy atom. The van der Waals surface area contributed by atoms with Crippen LogP contribution in [-0.4, -0.2) is 20.9 Å². The van der Waals surface area contributed by atoms with Crippen molar-refractivity contribution in [2.75, 3.05) is 5.32 Å². The molecule has 2 N–H and O–H groups in total. The second kappa shape index (κ2) is 8.10. The third-order valence-corrected chi connectivity index (χ3v) is 5.33. The molecule has 0 saturated heterocycles. The fourth-order valence-corrected chi connectivity index (χ4v) is 3.50. The van der Waals surface area contributed by atoms with Gasteiger partial charge in [0.1, 0.15) is 5.82 Å². The predicted molar refractivity (Wildman–Crippen MR) is 106 cm³/mol. The van der Waals surface area contributed by atoms with E-state index in [-0.39, 0.29) is 16.7 Å². The maximum absolute atomic E-state index is 12.6. The molecule has 0 fully saturated rings. The van der Waals surface area contributed by atoms with Crippen molar-refractivity contribution in [3.05, 3.63) is 76.6 Å². The second-order valence-corrected chi connectivity index (χ2v) is 7.27. The maximum atomic E-state index is 12.6. The van der Waals surface area contributed by atoms with Gasteiger partial charge in [-0.3, -0.25) is 14.7 Å². The highest BCUT2D eigenvalue weighted by Crippen LogP contribution is 2.26. The number of aryl methyl sites for hydroxylation is 1. The first-order valence-electron chi connectivity index (χ1n) is 8.48. The third-order valence-electron chi connectivity index (χ3n) is 3.96. The van der Waals surface area contributed by atoms with Gasteiger partial charge in [0, 0.05) is 11.0 Å². The molecular formula is C20H21N3O2S. The van der Waals surface area contributed by atoms with Crippen molar-refractivity contribution < 1.29 is 4.79 Å². The molecular weight excluding hydrogens is 346 g/mol. The van der Waals surface area contributed by atoms with Crippen molar-refractivity contribution in [3.8, 4) is 5.69 Å². The number of hydrogen-bond acceptors (Lipinski definition) is 3. The van der Waals surface area contributed by atoms with E-state index < -0.39 is 0 Å². The van der Waals surface area contributed by atoms with Crippen LogP contribution < -0.4 is 10.9 Å². The molecule has 6 heteroatoms. The summed E-state index contributed by atoms with van der Waals surface area (Å²) in [6.45, 7) is 4.01. The van der Waals surface area contributed by atoms with Crippen LogP contribution in [0.4, 0.5) is 5.82 Å². The van der Waals surface area contributed by atoms with E-state index in [2.05, 4.69) is 10.4 Å². The van der Waals surface area contributed by atoms with Crippen molar-refractivity contribution in [3.63, 3.8) is 0 Å². The van der Waals surface area contributed by atoms with Crippen LogP contribution in [0.15, 0.2) is 70.4 Å². The molecule has 3 aromatic rings. The minimum Gasteiger partial charge on any atom is -0.310 e. The van der Waals surface area contributed by atoms with E-state index in [0.717, 1.165) is 10.6 Å². The number of rotatable bonds is 6. The number of carbonyl (C=O) groups excluding carboxylic acids is 1. The average molecular weight is 367 g/mol. The molecule has 134 valence electrons. The molecule has 0 aliphatic heterocycles. The zero-order valence-corrected chi connectivity index (χ0v) is 15.5. The summed E-state index contributed by atoms with van der Waals surface area (Å²) in [6, 6.07) is 18.7. The Morgan fingerprint density at radius 1 is 1.15 bits per heavy atom. The van der Waals surface area contributed by atoms with Crippen molar-refractivity contribution in [1.29, 1.82) is 0 Å². The fraction of sp³-hybridized carbons (Fsp3) is 0.200. The van der Waals surface area contributed by atoms with Crippen LogP contribution in [0.2, 0.25) is 0 Å². The summed E-state index contributed by atoms with van der Waals surface area (Å²) in [5.41, 5.74) is 1.69. The monoisotopic (exact) mass is 367 g/mol. The van der Waals surface area contributed by atoms with Crippen LogP contribution in [0.3, 0.4) is 0 Å². The number of aromatic amines is 1. The number of thioether (sulfide) groups is 1. The molecule has 3 rings (SSSR count). The molecule has 0 aliphatic rings. The van der Waals surface area contributed by atoms with Gasteiger partial charge in [0.05, 0.1) is 10.9 Å². The lowest BCUT2D eigenvalue weighted by Gasteiger charge is -2.14. The van der Waals surface area contributed by atoms with E-state index in [1.54, 1.807) is 0 Å². The molecule has 2 aromatic carbocycles. The molecule has 0 radical (unpaired) electrons. The van der Waals surface area contributed by atoms with Crippen LogP contribution in [0.1, 0.15) is 18.9 Å². The van der Waals surface area contributed by atoms with Gasteiger partial charge in [0.2, 0.25) is 5.91 Å². The van der Waals surface area contributed by atoms with E-state index in [0.29, 0.717) is 12.2 Å². The average Bonchev–Trinajstić information content (AvgIpc) is 3.02. The lowest BCUT2D eigenvalue weighted by Crippen LogP contribution is -2.24. The SMILES string of the molecule is CCC(Sc1ccc(C)cc1)C(=O)Nc1cc(=O)n(-c2ccccc2)[nH]1. The summed E-state index contributed by atoms with van der Waals surface area (Å²) in [4.78, 5) is 25.8. The summed E-state index contributed by atoms with van der Waals surface area (Å²) in [6.07, 6.45) is 0.688. The van der Waals surface area contributed by atoms with Crippen LogP contribution in [-0.2, 0) is 4.79 Å². The predicted octanol–water partition coefficient (Wildman–Crippen LogP) is 3.98. The van der Waals surface area contributed by atoms with Gasteiger partial charge >= 0.3 is 0 Å². The minimum atomic E-state index is -0.235. The normalized spacial score (nSPS) is 11.9. The zero-order chi connectivity index (χ0) is 18.5. The number of para-hydroxylation sites is 1. The highest BCUT2D eigenvalue weighted by atomic mass is 32.2. The number of nitrogens with zero attached hydrogens (tertiary/aromatic N) is 1. The Hall–Kier alpha value is -2.73. The smallest absolute Gasteiger partial charge is 0.273 e. The molecule has 1 unspecified atom stereocenters. The lowest BCUT2D eigenvalue weighted by atomic mass is 10.2. The van der Waals surface area contributed by atoms with Gasteiger partial charge in [0.25, 0.3) is 5.56 Å². The summed E-state index contributed by atoms with van der Waals surface area (Å²) < 4.78 is 1.41. The van der Waals surface area contributed by atoms with E-state index in [1.165, 1.54) is 28.1 Å². The van der Waals surface area contributed by atoms with Crippen LogP contribution in [0.25, 0.3) is 5.69 Å². The molecule has 26 heavy (non-hydrogen) atoms. The topological polar surface area (TPSA) is 66.9 Å². The van der Waals surface area contributed by atoms with Crippen molar-refractivity contribution in [1.82, 2.24) is 9.78 Å². The number of benzene rings is 2. The van der Waals surface area contributed by atoms with Gasteiger partial charge in [-0.25, -0.2) is 4.68 Å². The number of aromatic nitrogens is 2. The molecule has 1 atom stereocenters. The molecule has 1 aromatic heterocycles. The summed E-state index contributed by atoms with van der Waals surface area (Å²) in [7, 11) is 0. The summed E-state index contributed by atoms with van der Waals surface area (Å²) >= 11 is 1.52. The summed E-state index contributed by atoms with van der Waals surface area (Å²) in [5, 5.41) is 5.53. The summed E-state index contributed by atoms with van der Waals surface area (Å²) in [5.74, 6) is 0.270. The van der Waals surface area contributed by atoms with Crippen molar-refractivity contribution in [2.24, 2.45) is 0 Å². The van der Waals surface area contributed by atoms with Crippen LogP contribution in [0.5, 0.6) is 0 Å². The zero-order valence-electron chi connectivity index (χ0n) is 14.7. The van der Waals surface area contributed by atoms with Crippen molar-refractivity contribution >= 4 is 23.5 Å². The fourth-order valence-electron chi connectivity index (χ4n) is 2.55. The van der Waals surface area contributed by atoms with Gasteiger partial charge < -0.3 is 5.32 Å². The Kier molecular flexibility index (Phi) is 5.63. The number of hydrogen-bond donors (Lipinski definition) is 2. The van der Waals surface area contributed by atoms with E-state index in [9.17, 15) is 9.59 Å². The Morgan fingerprint density at radius 2 is 1.85 bits per heavy atom. The number of H-pyrrole nitrogens is 1. The maximum Gasteiger partial charge on any atom is 0.273 e. The highest BCUT2D eigenvalue weighted by molar-refractivity contribution is 8.00. The first kappa shape index (κ1) is 18.1. The largest absolute Gasteiger partial charge is 0.310 e. The Labute approximate surface area is 156 Å². The lowest BCUT2D eigenvalue weighted by molar-refractivity contribution is -0.115. The molecule has 1 amide bonds. The van der Waals surface area contributed by atoms with E-state index in [1.807, 2.05) is 68.4 Å².